The molecular weight excluding hydrogens is 677 g/mol. The van der Waals surface area contributed by atoms with Gasteiger partial charge in [-0.25, -0.2) is 9.59 Å². The minimum atomic E-state index is -2.06. The largest absolute Gasteiger partial charge is 0.459 e. The van der Waals surface area contributed by atoms with Crippen LogP contribution in [0.4, 0.5) is 4.79 Å². The third-order valence-corrected chi connectivity index (χ3v) is 10.0. The number of benzene rings is 6. The topological polar surface area (TPSA) is 105 Å². The monoisotopic (exact) mass is 716 g/mol. The van der Waals surface area contributed by atoms with Gasteiger partial charge in [-0.3, -0.25) is 9.69 Å². The van der Waals surface area contributed by atoms with Gasteiger partial charge in [-0.05, 0) is 44.5 Å². The summed E-state index contributed by atoms with van der Waals surface area (Å²) >= 11 is 0. The van der Waals surface area contributed by atoms with Crippen LogP contribution < -0.4 is 5.32 Å². The standard InChI is InChI=1S/C46H40N2O6/c1-48(45(52)54-31-40-38-28-16-14-26-36(38)37-27-15-17-29-39(37)40)41(44(51)53-30-32-18-6-2-7-19-32)42(49)43(50)47-46(33-20-8-3-9-21-33,34-22-10-4-11-23-34)35-24-12-5-13-25-35/h2-29,40-42,49H,30-31H2,1H3,(H,47,50)/t41-,42+/m0/s1. The smallest absolute Gasteiger partial charge is 0.410 e. The Morgan fingerprint density at radius 1 is 0.630 bits per heavy atom. The maximum Gasteiger partial charge on any atom is 0.410 e. The number of hydrogen-bond donors (Lipinski definition) is 2. The molecule has 0 saturated heterocycles. The van der Waals surface area contributed by atoms with Gasteiger partial charge in [0.15, 0.2) is 12.1 Å². The van der Waals surface area contributed by atoms with Gasteiger partial charge in [-0.2, -0.15) is 0 Å². The minimum Gasteiger partial charge on any atom is -0.459 e. The second-order valence-corrected chi connectivity index (χ2v) is 13.2. The second-order valence-electron chi connectivity index (χ2n) is 13.2. The zero-order chi connectivity index (χ0) is 37.5. The van der Waals surface area contributed by atoms with Crippen LogP contribution in [-0.2, 0) is 31.2 Å². The van der Waals surface area contributed by atoms with Crippen LogP contribution in [0.25, 0.3) is 11.1 Å². The van der Waals surface area contributed by atoms with Crippen molar-refractivity contribution in [2.75, 3.05) is 13.7 Å². The molecule has 1 aliphatic carbocycles. The number of carbonyl (C=O) groups excluding carboxylic acids is 3. The Labute approximate surface area is 314 Å². The number of hydrogen-bond acceptors (Lipinski definition) is 6. The van der Waals surface area contributed by atoms with Gasteiger partial charge in [0.05, 0.1) is 0 Å². The normalized spacial score (nSPS) is 13.1. The average molecular weight is 717 g/mol. The Morgan fingerprint density at radius 2 is 1.06 bits per heavy atom. The number of nitrogens with one attached hydrogen (secondary N) is 1. The lowest BCUT2D eigenvalue weighted by Crippen LogP contribution is -2.59. The lowest BCUT2D eigenvalue weighted by molar-refractivity contribution is -0.158. The van der Waals surface area contributed by atoms with E-state index < -0.39 is 35.7 Å². The van der Waals surface area contributed by atoms with Crippen molar-refractivity contribution in [1.29, 1.82) is 0 Å². The van der Waals surface area contributed by atoms with E-state index in [1.807, 2.05) is 158 Å². The molecule has 7 rings (SSSR count). The van der Waals surface area contributed by atoms with Crippen molar-refractivity contribution in [3.05, 3.63) is 203 Å². The number of aliphatic hydroxyl groups excluding tert-OH is 1. The predicted octanol–water partition coefficient (Wildman–Crippen LogP) is 7.45. The minimum absolute atomic E-state index is 0.0234. The second kappa shape index (κ2) is 16.0. The Balaban J connectivity index is 1.20. The molecule has 8 heteroatoms. The molecule has 6 aromatic rings. The number of esters is 1. The highest BCUT2D eigenvalue weighted by Crippen LogP contribution is 2.44. The van der Waals surface area contributed by atoms with Crippen LogP contribution in [0.15, 0.2) is 170 Å². The molecule has 0 heterocycles. The van der Waals surface area contributed by atoms with Crippen molar-refractivity contribution in [3.8, 4) is 11.1 Å². The summed E-state index contributed by atoms with van der Waals surface area (Å²) in [5.41, 5.74) is 5.74. The molecule has 0 spiro atoms. The first-order valence-electron chi connectivity index (χ1n) is 17.8. The van der Waals surface area contributed by atoms with Crippen LogP contribution in [0, 0.1) is 0 Å². The maximum atomic E-state index is 14.5. The van der Waals surface area contributed by atoms with Gasteiger partial charge in [0.1, 0.15) is 18.8 Å². The van der Waals surface area contributed by atoms with Crippen molar-refractivity contribution < 1.29 is 29.0 Å². The molecule has 8 nitrogen and oxygen atoms in total. The Hall–Kier alpha value is -6.51. The van der Waals surface area contributed by atoms with Crippen molar-refractivity contribution in [3.63, 3.8) is 0 Å². The molecular formula is C46H40N2O6. The summed E-state index contributed by atoms with van der Waals surface area (Å²) in [6, 6.07) is 51.4. The number of ether oxygens (including phenoxy) is 2. The number of aliphatic hydroxyl groups is 1. The SMILES string of the molecule is CN(C(=O)OCC1c2ccccc2-c2ccccc21)[C@H](C(=O)OCc1ccccc1)[C@@H](O)C(=O)NC(c1ccccc1)(c1ccccc1)c1ccccc1. The van der Waals surface area contributed by atoms with Crippen LogP contribution in [0.5, 0.6) is 0 Å². The molecule has 0 bridgehead atoms. The van der Waals surface area contributed by atoms with E-state index in [9.17, 15) is 19.5 Å². The lowest BCUT2D eigenvalue weighted by atomic mass is 9.76. The summed E-state index contributed by atoms with van der Waals surface area (Å²) in [5.74, 6) is -2.11. The third-order valence-electron chi connectivity index (χ3n) is 10.0. The quantitative estimate of drug-likeness (QED) is 0.101. The van der Waals surface area contributed by atoms with Gasteiger partial charge in [0, 0.05) is 13.0 Å². The van der Waals surface area contributed by atoms with Gasteiger partial charge in [0.25, 0.3) is 5.91 Å². The van der Waals surface area contributed by atoms with Crippen LogP contribution in [0.2, 0.25) is 0 Å². The van der Waals surface area contributed by atoms with E-state index in [2.05, 4.69) is 5.32 Å². The summed E-state index contributed by atoms with van der Waals surface area (Å²) in [4.78, 5) is 43.3. The predicted molar refractivity (Wildman–Crippen MR) is 206 cm³/mol. The zero-order valence-electron chi connectivity index (χ0n) is 29.7. The van der Waals surface area contributed by atoms with Gasteiger partial charge in [-0.1, -0.05) is 170 Å². The van der Waals surface area contributed by atoms with E-state index in [4.69, 9.17) is 9.47 Å². The molecule has 0 aromatic heterocycles. The van der Waals surface area contributed by atoms with Crippen molar-refractivity contribution in [2.24, 2.45) is 0 Å². The fourth-order valence-electron chi connectivity index (χ4n) is 7.31. The van der Waals surface area contributed by atoms with Crippen LogP contribution in [0.1, 0.15) is 39.3 Å². The first-order chi connectivity index (χ1) is 26.4. The number of rotatable bonds is 12. The number of fused-ring (bicyclic) bond motifs is 3. The summed E-state index contributed by atoms with van der Waals surface area (Å²) < 4.78 is 11.5. The van der Waals surface area contributed by atoms with E-state index >= 15 is 0 Å². The highest BCUT2D eigenvalue weighted by atomic mass is 16.6. The molecule has 0 fully saturated rings. The lowest BCUT2D eigenvalue weighted by Gasteiger charge is -2.38. The number of nitrogens with zero attached hydrogens (tertiary/aromatic N) is 1. The van der Waals surface area contributed by atoms with Crippen molar-refractivity contribution >= 4 is 18.0 Å². The van der Waals surface area contributed by atoms with Gasteiger partial charge in [-0.15, -0.1) is 0 Å². The first kappa shape index (κ1) is 35.9. The summed E-state index contributed by atoms with van der Waals surface area (Å²) in [6.45, 7) is -0.157. The summed E-state index contributed by atoms with van der Waals surface area (Å²) in [7, 11) is 1.32. The molecule has 0 saturated carbocycles. The molecule has 2 amide bonds. The molecule has 0 unspecified atom stereocenters. The maximum absolute atomic E-state index is 14.5. The fourth-order valence-corrected chi connectivity index (χ4v) is 7.31. The van der Waals surface area contributed by atoms with E-state index in [1.54, 1.807) is 12.1 Å². The fraction of sp³-hybridized carbons (Fsp3) is 0.152. The zero-order valence-corrected chi connectivity index (χ0v) is 29.7. The Morgan fingerprint density at radius 3 is 1.54 bits per heavy atom. The van der Waals surface area contributed by atoms with Crippen molar-refractivity contribution in [1.82, 2.24) is 10.2 Å². The molecule has 1 aliphatic rings. The highest BCUT2D eigenvalue weighted by molar-refractivity contribution is 5.92. The van der Waals surface area contributed by atoms with E-state index in [0.717, 1.165) is 43.8 Å². The van der Waals surface area contributed by atoms with Crippen LogP contribution in [0.3, 0.4) is 0 Å². The summed E-state index contributed by atoms with van der Waals surface area (Å²) in [6.07, 6.45) is -2.96. The third kappa shape index (κ3) is 7.12. The van der Waals surface area contributed by atoms with Gasteiger partial charge >= 0.3 is 12.1 Å². The molecule has 0 aliphatic heterocycles. The van der Waals surface area contributed by atoms with Crippen molar-refractivity contribution in [2.45, 2.75) is 30.2 Å². The van der Waals surface area contributed by atoms with E-state index in [0.29, 0.717) is 5.56 Å². The Kier molecular flexibility index (Phi) is 10.6. The number of likely N-dealkylation sites (N-methyl/N-ethyl adjacent to an activating group) is 1. The molecule has 270 valence electrons. The van der Waals surface area contributed by atoms with Gasteiger partial charge in [0.2, 0.25) is 0 Å². The Bertz CT molecular complexity index is 2070. The van der Waals surface area contributed by atoms with E-state index in [1.165, 1.54) is 7.05 Å². The molecule has 2 atom stereocenters. The van der Waals surface area contributed by atoms with E-state index in [-0.39, 0.29) is 19.1 Å². The first-order valence-corrected chi connectivity index (χ1v) is 17.8. The molecule has 2 N–H and O–H groups in total. The molecule has 6 aromatic carbocycles. The van der Waals surface area contributed by atoms with Gasteiger partial charge < -0.3 is 19.9 Å². The highest BCUT2D eigenvalue weighted by Gasteiger charge is 2.45. The molecule has 0 radical (unpaired) electrons. The van der Waals surface area contributed by atoms with Crippen LogP contribution in [-0.4, -0.2) is 53.8 Å². The van der Waals surface area contributed by atoms with Crippen LogP contribution >= 0.6 is 0 Å². The number of carbonyl (C=O) groups is 3. The average Bonchev–Trinajstić information content (AvgIpc) is 3.55. The molecule has 54 heavy (non-hydrogen) atoms. The number of amides is 2. The summed E-state index contributed by atoms with van der Waals surface area (Å²) in [5, 5.41) is 15.1.